The third-order valence-electron chi connectivity index (χ3n) is 2.77. The van der Waals surface area contributed by atoms with Crippen LogP contribution in [0.5, 0.6) is 0 Å². The molecule has 0 saturated heterocycles. The summed E-state index contributed by atoms with van der Waals surface area (Å²) in [6.45, 7) is 7.51. The molecule has 2 aromatic heterocycles. The monoisotopic (exact) mass is 353 g/mol. The third-order valence-corrected chi connectivity index (χ3v) is 4.61. The van der Waals surface area contributed by atoms with Gasteiger partial charge < -0.3 is 5.32 Å². The molecule has 0 aliphatic heterocycles. The van der Waals surface area contributed by atoms with E-state index in [0.29, 0.717) is 5.92 Å². The number of rotatable bonds is 6. The number of nitrogens with one attached hydrogen (secondary N) is 1. The van der Waals surface area contributed by atoms with Crippen LogP contribution in [0.3, 0.4) is 0 Å². The summed E-state index contributed by atoms with van der Waals surface area (Å²) >= 11 is 5.23. The van der Waals surface area contributed by atoms with Crippen molar-refractivity contribution in [2.24, 2.45) is 5.92 Å². The molecular formula is C15H20BrN3S. The van der Waals surface area contributed by atoms with Crippen LogP contribution in [0.2, 0.25) is 0 Å². The lowest BCUT2D eigenvalue weighted by Gasteiger charge is -2.10. The molecule has 3 nitrogen and oxygen atoms in total. The molecule has 2 aromatic rings. The molecule has 0 bridgehead atoms. The van der Waals surface area contributed by atoms with Crippen LogP contribution in [-0.2, 0) is 6.42 Å². The zero-order chi connectivity index (χ0) is 14.5. The van der Waals surface area contributed by atoms with Gasteiger partial charge >= 0.3 is 0 Å². The lowest BCUT2D eigenvalue weighted by Crippen LogP contribution is -2.06. The van der Waals surface area contributed by atoms with Crippen molar-refractivity contribution in [1.29, 1.82) is 0 Å². The van der Waals surface area contributed by atoms with Gasteiger partial charge in [-0.25, -0.2) is 9.97 Å². The van der Waals surface area contributed by atoms with Crippen LogP contribution in [0.4, 0.5) is 5.82 Å². The Kier molecular flexibility index (Phi) is 5.54. The molecule has 2 heterocycles. The van der Waals surface area contributed by atoms with Gasteiger partial charge in [0.25, 0.3) is 0 Å². The fraction of sp³-hybridized carbons (Fsp3) is 0.467. The highest BCUT2D eigenvalue weighted by Crippen LogP contribution is 2.32. The number of anilines is 1. The molecule has 20 heavy (non-hydrogen) atoms. The summed E-state index contributed by atoms with van der Waals surface area (Å²) in [6.07, 6.45) is 2.06. The number of halogens is 1. The highest BCUT2D eigenvalue weighted by Gasteiger charge is 2.12. The zero-order valence-electron chi connectivity index (χ0n) is 12.1. The Morgan fingerprint density at radius 3 is 2.75 bits per heavy atom. The van der Waals surface area contributed by atoms with Crippen molar-refractivity contribution in [1.82, 2.24) is 9.97 Å². The van der Waals surface area contributed by atoms with E-state index in [1.807, 2.05) is 6.07 Å². The molecule has 0 aliphatic rings. The molecule has 0 spiro atoms. The van der Waals surface area contributed by atoms with Crippen molar-refractivity contribution in [3.05, 3.63) is 27.7 Å². The van der Waals surface area contributed by atoms with Crippen molar-refractivity contribution in [2.45, 2.75) is 33.6 Å². The van der Waals surface area contributed by atoms with Crippen LogP contribution in [0.25, 0.3) is 10.7 Å². The smallest absolute Gasteiger partial charge is 0.173 e. The molecule has 0 saturated carbocycles. The molecular weight excluding hydrogens is 334 g/mol. The second kappa shape index (κ2) is 7.18. The van der Waals surface area contributed by atoms with Crippen molar-refractivity contribution >= 4 is 33.1 Å². The van der Waals surface area contributed by atoms with Crippen LogP contribution < -0.4 is 5.32 Å². The first-order valence-electron chi connectivity index (χ1n) is 6.95. The molecule has 0 unspecified atom stereocenters. The Bertz CT molecular complexity index is 566. The van der Waals surface area contributed by atoms with E-state index in [4.69, 9.17) is 4.98 Å². The average Bonchev–Trinajstić information content (AvgIpc) is 2.81. The lowest BCUT2D eigenvalue weighted by molar-refractivity contribution is 0.635. The molecule has 0 atom stereocenters. The Hall–Kier alpha value is -0.940. The molecule has 0 aromatic carbocycles. The predicted octanol–water partition coefficient (Wildman–Crippen LogP) is 4.99. The first kappa shape index (κ1) is 15.4. The molecule has 1 N–H and O–H groups in total. The van der Waals surface area contributed by atoms with Crippen molar-refractivity contribution in [3.63, 3.8) is 0 Å². The third kappa shape index (κ3) is 4.03. The maximum atomic E-state index is 4.71. The standard InChI is InChI=1S/C15H20BrN3S/c1-4-6-17-13-9-11(8-10(2)3)18-15(19-13)14-12(16)5-7-20-14/h5,7,9-10H,4,6,8H2,1-3H3,(H,17,18,19). The summed E-state index contributed by atoms with van der Waals surface area (Å²) < 4.78 is 1.06. The quantitative estimate of drug-likeness (QED) is 0.794. The molecule has 2 rings (SSSR count). The Morgan fingerprint density at radius 1 is 1.35 bits per heavy atom. The molecule has 0 aliphatic carbocycles. The minimum absolute atomic E-state index is 0.587. The van der Waals surface area contributed by atoms with Crippen molar-refractivity contribution in [2.75, 3.05) is 11.9 Å². The maximum absolute atomic E-state index is 4.71. The van der Waals surface area contributed by atoms with Gasteiger partial charge in [0.15, 0.2) is 5.82 Å². The molecule has 108 valence electrons. The van der Waals surface area contributed by atoms with E-state index in [1.165, 1.54) is 0 Å². The first-order chi connectivity index (χ1) is 9.60. The van der Waals surface area contributed by atoms with Crippen molar-refractivity contribution in [3.8, 4) is 10.7 Å². The number of hydrogen-bond donors (Lipinski definition) is 1. The van der Waals surface area contributed by atoms with E-state index in [9.17, 15) is 0 Å². The minimum Gasteiger partial charge on any atom is -0.370 e. The zero-order valence-corrected chi connectivity index (χ0v) is 14.5. The number of nitrogens with zero attached hydrogens (tertiary/aromatic N) is 2. The largest absolute Gasteiger partial charge is 0.370 e. The van der Waals surface area contributed by atoms with Gasteiger partial charge in [0.05, 0.1) is 4.88 Å². The van der Waals surface area contributed by atoms with Crippen LogP contribution in [0.15, 0.2) is 22.0 Å². The molecule has 5 heteroatoms. The predicted molar refractivity (Wildman–Crippen MR) is 90.4 cm³/mol. The molecule has 0 fully saturated rings. The highest BCUT2D eigenvalue weighted by molar-refractivity contribution is 9.10. The van der Waals surface area contributed by atoms with Gasteiger partial charge in [-0.2, -0.15) is 0 Å². The summed E-state index contributed by atoms with van der Waals surface area (Å²) in [4.78, 5) is 10.4. The Morgan fingerprint density at radius 2 is 2.15 bits per heavy atom. The molecule has 0 radical (unpaired) electrons. The van der Waals surface area contributed by atoms with E-state index >= 15 is 0 Å². The summed E-state index contributed by atoms with van der Waals surface area (Å²) in [6, 6.07) is 4.11. The van der Waals surface area contributed by atoms with E-state index in [-0.39, 0.29) is 0 Å². The van der Waals surface area contributed by atoms with E-state index < -0.39 is 0 Å². The van der Waals surface area contributed by atoms with Gasteiger partial charge in [-0.3, -0.25) is 0 Å². The van der Waals surface area contributed by atoms with Crippen LogP contribution >= 0.6 is 27.3 Å². The summed E-state index contributed by atoms with van der Waals surface area (Å²) in [5.41, 5.74) is 1.10. The summed E-state index contributed by atoms with van der Waals surface area (Å²) in [7, 11) is 0. The van der Waals surface area contributed by atoms with E-state index in [2.05, 4.69) is 58.4 Å². The fourth-order valence-electron chi connectivity index (χ4n) is 1.92. The fourth-order valence-corrected chi connectivity index (χ4v) is 3.40. The highest BCUT2D eigenvalue weighted by atomic mass is 79.9. The number of hydrogen-bond acceptors (Lipinski definition) is 4. The maximum Gasteiger partial charge on any atom is 0.173 e. The second-order valence-electron chi connectivity index (χ2n) is 5.19. The minimum atomic E-state index is 0.587. The molecule has 0 amide bonds. The van der Waals surface area contributed by atoms with Gasteiger partial charge in [-0.15, -0.1) is 11.3 Å². The van der Waals surface area contributed by atoms with Crippen LogP contribution in [0.1, 0.15) is 32.9 Å². The summed E-state index contributed by atoms with van der Waals surface area (Å²) in [5.74, 6) is 2.32. The topological polar surface area (TPSA) is 37.8 Å². The second-order valence-corrected chi connectivity index (χ2v) is 6.96. The SMILES string of the molecule is CCCNc1cc(CC(C)C)nc(-c2sccc2Br)n1. The lowest BCUT2D eigenvalue weighted by atomic mass is 10.1. The van der Waals surface area contributed by atoms with Crippen LogP contribution in [-0.4, -0.2) is 16.5 Å². The Labute approximate surface area is 133 Å². The summed E-state index contributed by atoms with van der Waals surface area (Å²) in [5, 5.41) is 5.42. The van der Waals surface area contributed by atoms with Gasteiger partial charge in [-0.05, 0) is 46.1 Å². The first-order valence-corrected chi connectivity index (χ1v) is 8.62. The normalized spacial score (nSPS) is 11.1. The van der Waals surface area contributed by atoms with Gasteiger partial charge in [-0.1, -0.05) is 20.8 Å². The Balaban J connectivity index is 2.37. The van der Waals surface area contributed by atoms with Crippen LogP contribution in [0, 0.1) is 5.92 Å². The van der Waals surface area contributed by atoms with E-state index in [0.717, 1.165) is 46.1 Å². The average molecular weight is 354 g/mol. The van der Waals surface area contributed by atoms with Gasteiger partial charge in [0.2, 0.25) is 0 Å². The van der Waals surface area contributed by atoms with Gasteiger partial charge in [0.1, 0.15) is 5.82 Å². The number of aromatic nitrogens is 2. The van der Waals surface area contributed by atoms with Crippen molar-refractivity contribution < 1.29 is 0 Å². The van der Waals surface area contributed by atoms with Gasteiger partial charge in [0, 0.05) is 22.8 Å². The van der Waals surface area contributed by atoms with E-state index in [1.54, 1.807) is 11.3 Å². The number of thiophene rings is 1.